The molecule has 0 heterocycles. The molecule has 0 saturated carbocycles. The van der Waals surface area contributed by atoms with Crippen LogP contribution in [0.1, 0.15) is 50.7 Å². The Morgan fingerprint density at radius 2 is 1.06 bits per heavy atom. The van der Waals surface area contributed by atoms with Crippen LogP contribution in [0.4, 0.5) is 0 Å². The van der Waals surface area contributed by atoms with Crippen molar-refractivity contribution >= 4 is 11.8 Å². The van der Waals surface area contributed by atoms with Crippen LogP contribution in [-0.2, 0) is 9.59 Å². The lowest BCUT2D eigenvalue weighted by Gasteiger charge is -2.16. The van der Waals surface area contributed by atoms with Crippen LogP contribution in [0.15, 0.2) is 48.5 Å². The lowest BCUT2D eigenvalue weighted by molar-refractivity contribution is -0.128. The van der Waals surface area contributed by atoms with Crippen molar-refractivity contribution in [1.82, 2.24) is 10.6 Å². The van der Waals surface area contributed by atoms with Crippen LogP contribution in [0.25, 0.3) is 0 Å². The minimum absolute atomic E-state index is 0.108. The van der Waals surface area contributed by atoms with Crippen molar-refractivity contribution in [3.8, 4) is 11.5 Å². The molecule has 2 atom stereocenters. The predicted octanol–water partition coefficient (Wildman–Crippen LogP) is 4.33. The quantitative estimate of drug-likeness (QED) is 0.455. The van der Waals surface area contributed by atoms with E-state index in [2.05, 4.69) is 10.6 Å². The van der Waals surface area contributed by atoms with Crippen LogP contribution in [0.5, 0.6) is 11.5 Å². The first-order valence-corrected chi connectivity index (χ1v) is 11.4. The SMILES string of the molecule is Cc1ccccc1OC(C)C(=O)NCCCCCCNC(=O)C(C)Oc1ccccc1C. The van der Waals surface area contributed by atoms with E-state index >= 15 is 0 Å². The highest BCUT2D eigenvalue weighted by Gasteiger charge is 2.15. The number of nitrogens with one attached hydrogen (secondary N) is 2. The van der Waals surface area contributed by atoms with Gasteiger partial charge in [0, 0.05) is 13.1 Å². The third-order valence-corrected chi connectivity index (χ3v) is 5.24. The number of para-hydroxylation sites is 2. The van der Waals surface area contributed by atoms with E-state index in [-0.39, 0.29) is 11.8 Å². The summed E-state index contributed by atoms with van der Waals surface area (Å²) in [5.74, 6) is 1.25. The van der Waals surface area contributed by atoms with Crippen molar-refractivity contribution in [3.63, 3.8) is 0 Å². The number of hydrogen-bond donors (Lipinski definition) is 2. The van der Waals surface area contributed by atoms with E-state index in [1.807, 2.05) is 62.4 Å². The molecule has 0 aliphatic carbocycles. The van der Waals surface area contributed by atoms with Crippen LogP contribution in [0, 0.1) is 13.8 Å². The second-order valence-corrected chi connectivity index (χ2v) is 8.05. The van der Waals surface area contributed by atoms with Gasteiger partial charge in [-0.15, -0.1) is 0 Å². The summed E-state index contributed by atoms with van der Waals surface area (Å²) in [5.41, 5.74) is 2.02. The summed E-state index contributed by atoms with van der Waals surface area (Å²) in [7, 11) is 0. The van der Waals surface area contributed by atoms with Gasteiger partial charge in [0.2, 0.25) is 0 Å². The maximum Gasteiger partial charge on any atom is 0.260 e. The lowest BCUT2D eigenvalue weighted by atomic mass is 10.2. The molecular formula is C26H36N2O4. The highest BCUT2D eigenvalue weighted by Crippen LogP contribution is 2.18. The van der Waals surface area contributed by atoms with Gasteiger partial charge in [0.05, 0.1) is 0 Å². The number of carbonyl (C=O) groups is 2. The van der Waals surface area contributed by atoms with Crippen molar-refractivity contribution in [2.75, 3.05) is 13.1 Å². The monoisotopic (exact) mass is 440 g/mol. The zero-order valence-electron chi connectivity index (χ0n) is 19.6. The van der Waals surface area contributed by atoms with Gasteiger partial charge < -0.3 is 20.1 Å². The Morgan fingerprint density at radius 3 is 1.44 bits per heavy atom. The van der Waals surface area contributed by atoms with Gasteiger partial charge in [0.15, 0.2) is 12.2 Å². The van der Waals surface area contributed by atoms with Crippen LogP contribution in [0.2, 0.25) is 0 Å². The Bertz CT molecular complexity index is 797. The molecule has 2 N–H and O–H groups in total. The van der Waals surface area contributed by atoms with Crippen LogP contribution in [-0.4, -0.2) is 37.1 Å². The Morgan fingerprint density at radius 1 is 0.688 bits per heavy atom. The van der Waals surface area contributed by atoms with Crippen molar-refractivity contribution in [2.45, 2.75) is 65.6 Å². The van der Waals surface area contributed by atoms with E-state index in [4.69, 9.17) is 9.47 Å². The van der Waals surface area contributed by atoms with Crippen LogP contribution in [0.3, 0.4) is 0 Å². The second-order valence-electron chi connectivity index (χ2n) is 8.05. The number of unbranched alkanes of at least 4 members (excludes halogenated alkanes) is 3. The molecule has 0 aromatic heterocycles. The normalized spacial score (nSPS) is 12.5. The Labute approximate surface area is 191 Å². The van der Waals surface area contributed by atoms with E-state index in [0.29, 0.717) is 13.1 Å². The number of carbonyl (C=O) groups excluding carboxylic acids is 2. The van der Waals surface area contributed by atoms with E-state index in [1.165, 1.54) is 0 Å². The topological polar surface area (TPSA) is 76.7 Å². The van der Waals surface area contributed by atoms with Crippen molar-refractivity contribution in [1.29, 1.82) is 0 Å². The molecule has 0 radical (unpaired) electrons. The van der Waals surface area contributed by atoms with Crippen molar-refractivity contribution in [2.24, 2.45) is 0 Å². The molecule has 174 valence electrons. The summed E-state index contributed by atoms with van der Waals surface area (Å²) in [5, 5.41) is 5.85. The summed E-state index contributed by atoms with van der Waals surface area (Å²) in [4.78, 5) is 24.4. The number of aryl methyl sites for hydroxylation is 2. The molecule has 2 unspecified atom stereocenters. The molecule has 6 nitrogen and oxygen atoms in total. The van der Waals surface area contributed by atoms with Gasteiger partial charge in [-0.05, 0) is 63.8 Å². The first-order valence-electron chi connectivity index (χ1n) is 11.4. The molecule has 2 aromatic carbocycles. The van der Waals surface area contributed by atoms with Gasteiger partial charge in [0.25, 0.3) is 11.8 Å². The third kappa shape index (κ3) is 8.61. The number of amides is 2. The van der Waals surface area contributed by atoms with E-state index in [1.54, 1.807) is 13.8 Å². The largest absolute Gasteiger partial charge is 0.481 e. The molecule has 2 rings (SSSR count). The molecule has 32 heavy (non-hydrogen) atoms. The maximum atomic E-state index is 12.2. The highest BCUT2D eigenvalue weighted by molar-refractivity contribution is 5.81. The number of hydrogen-bond acceptors (Lipinski definition) is 4. The summed E-state index contributed by atoms with van der Waals surface area (Å²) in [6, 6.07) is 15.3. The van der Waals surface area contributed by atoms with Gasteiger partial charge in [-0.2, -0.15) is 0 Å². The third-order valence-electron chi connectivity index (χ3n) is 5.24. The summed E-state index contributed by atoms with van der Waals surface area (Å²) >= 11 is 0. The first-order chi connectivity index (χ1) is 15.4. The van der Waals surface area contributed by atoms with Gasteiger partial charge in [0.1, 0.15) is 11.5 Å². The summed E-state index contributed by atoms with van der Waals surface area (Å²) in [6.07, 6.45) is 2.69. The fourth-order valence-corrected chi connectivity index (χ4v) is 3.18. The van der Waals surface area contributed by atoms with E-state index in [9.17, 15) is 9.59 Å². The Hall–Kier alpha value is -3.02. The number of benzene rings is 2. The van der Waals surface area contributed by atoms with Crippen LogP contribution < -0.4 is 20.1 Å². The second kappa shape index (κ2) is 13.4. The average molecular weight is 441 g/mol. The van der Waals surface area contributed by atoms with Gasteiger partial charge >= 0.3 is 0 Å². The predicted molar refractivity (Wildman–Crippen MR) is 127 cm³/mol. The Kier molecular flexibility index (Phi) is 10.6. The molecule has 0 spiro atoms. The average Bonchev–Trinajstić information content (AvgIpc) is 2.78. The zero-order chi connectivity index (χ0) is 23.3. The van der Waals surface area contributed by atoms with E-state index in [0.717, 1.165) is 48.3 Å². The standard InChI is InChI=1S/C26H36N2O4/c1-19-13-7-9-15-23(19)31-21(3)25(29)27-17-11-5-6-12-18-28-26(30)22(4)32-24-16-10-8-14-20(24)2/h7-10,13-16,21-22H,5-6,11-12,17-18H2,1-4H3,(H,27,29)(H,28,30). The van der Waals surface area contributed by atoms with Crippen molar-refractivity contribution < 1.29 is 19.1 Å². The molecule has 0 fully saturated rings. The Balaban J connectivity index is 1.52. The van der Waals surface area contributed by atoms with Crippen molar-refractivity contribution in [3.05, 3.63) is 59.7 Å². The number of ether oxygens (including phenoxy) is 2. The minimum Gasteiger partial charge on any atom is -0.481 e. The zero-order valence-corrected chi connectivity index (χ0v) is 19.6. The lowest BCUT2D eigenvalue weighted by Crippen LogP contribution is -2.37. The summed E-state index contributed by atoms with van der Waals surface area (Å²) < 4.78 is 11.5. The number of rotatable bonds is 13. The molecule has 2 aromatic rings. The van der Waals surface area contributed by atoms with Gasteiger partial charge in [-0.1, -0.05) is 49.2 Å². The fraction of sp³-hybridized carbons (Fsp3) is 0.462. The molecule has 2 amide bonds. The van der Waals surface area contributed by atoms with Gasteiger partial charge in [-0.25, -0.2) is 0 Å². The van der Waals surface area contributed by atoms with Gasteiger partial charge in [-0.3, -0.25) is 9.59 Å². The van der Waals surface area contributed by atoms with Crippen LogP contribution >= 0.6 is 0 Å². The summed E-state index contributed by atoms with van der Waals surface area (Å²) in [6.45, 7) is 8.67. The molecule has 6 heteroatoms. The molecule has 0 bridgehead atoms. The molecule has 0 saturated heterocycles. The highest BCUT2D eigenvalue weighted by atomic mass is 16.5. The fourth-order valence-electron chi connectivity index (χ4n) is 3.18. The molecule has 0 aliphatic heterocycles. The molecule has 0 aliphatic rings. The smallest absolute Gasteiger partial charge is 0.260 e. The molecular weight excluding hydrogens is 404 g/mol. The first kappa shape index (κ1) is 25.2. The minimum atomic E-state index is -0.532. The maximum absolute atomic E-state index is 12.2. The van der Waals surface area contributed by atoms with E-state index < -0.39 is 12.2 Å².